The van der Waals surface area contributed by atoms with E-state index >= 15 is 0 Å². The highest BCUT2D eigenvalue weighted by molar-refractivity contribution is 6.31. The molecule has 0 fully saturated rings. The zero-order valence-electron chi connectivity index (χ0n) is 14.0. The maximum atomic E-state index is 13.2. The van der Waals surface area contributed by atoms with E-state index in [1.165, 1.54) is 18.2 Å². The van der Waals surface area contributed by atoms with Gasteiger partial charge >= 0.3 is 0 Å². The van der Waals surface area contributed by atoms with Gasteiger partial charge in [0.1, 0.15) is 12.4 Å². The Kier molecular flexibility index (Phi) is 5.39. The van der Waals surface area contributed by atoms with Crippen molar-refractivity contribution >= 4 is 40.2 Å². The van der Waals surface area contributed by atoms with Crippen molar-refractivity contribution in [3.63, 3.8) is 0 Å². The highest BCUT2D eigenvalue weighted by atomic mass is 35.5. The molecule has 1 aromatic heterocycles. The second kappa shape index (κ2) is 7.72. The molecule has 3 N–H and O–H groups in total. The van der Waals surface area contributed by atoms with Crippen LogP contribution in [0.25, 0.3) is 11.0 Å². The van der Waals surface area contributed by atoms with Crippen LogP contribution in [-0.4, -0.2) is 33.2 Å². The lowest BCUT2D eigenvalue weighted by Gasteiger charge is -2.12. The number of aliphatic hydroxyl groups is 1. The average molecular weight is 377 g/mol. The molecule has 0 bridgehead atoms. The minimum atomic E-state index is -0.557. The maximum Gasteiger partial charge on any atom is 0.244 e. The standard InChI is InChI=1S/C18H18ClFN4O2/c1-11(25)9-21-18-23-15-4-2-3-5-16(15)24(18)10-17(26)22-12-6-7-14(20)13(19)8-12/h2-8,11,25H,9-10H2,1H3,(H,21,23)(H,22,26). The number of hydrogen-bond acceptors (Lipinski definition) is 4. The number of imidazole rings is 1. The molecule has 1 amide bonds. The number of aromatic nitrogens is 2. The quantitative estimate of drug-likeness (QED) is 0.617. The van der Waals surface area contributed by atoms with Crippen molar-refractivity contribution in [2.75, 3.05) is 17.2 Å². The molecule has 3 aromatic rings. The van der Waals surface area contributed by atoms with E-state index < -0.39 is 11.9 Å². The van der Waals surface area contributed by atoms with Gasteiger partial charge in [-0.05, 0) is 37.3 Å². The van der Waals surface area contributed by atoms with Crippen molar-refractivity contribution in [1.29, 1.82) is 0 Å². The Hall–Kier alpha value is -2.64. The van der Waals surface area contributed by atoms with Gasteiger partial charge in [-0.15, -0.1) is 0 Å². The van der Waals surface area contributed by atoms with Crippen LogP contribution in [0.4, 0.5) is 16.0 Å². The largest absolute Gasteiger partial charge is 0.392 e. The third-order valence-electron chi connectivity index (χ3n) is 3.72. The van der Waals surface area contributed by atoms with Gasteiger partial charge in [0.25, 0.3) is 0 Å². The molecule has 1 unspecified atom stereocenters. The van der Waals surface area contributed by atoms with Crippen LogP contribution in [0.2, 0.25) is 5.02 Å². The van der Waals surface area contributed by atoms with Crippen molar-refractivity contribution in [3.05, 3.63) is 53.3 Å². The van der Waals surface area contributed by atoms with Gasteiger partial charge in [-0.3, -0.25) is 4.79 Å². The minimum absolute atomic E-state index is 0.00233. The van der Waals surface area contributed by atoms with E-state index in [1.807, 2.05) is 24.3 Å². The molecule has 1 heterocycles. The Labute approximate surface area is 154 Å². The number of rotatable bonds is 6. The summed E-state index contributed by atoms with van der Waals surface area (Å²) in [6, 6.07) is 11.4. The number of nitrogens with one attached hydrogen (secondary N) is 2. The molecule has 0 aliphatic rings. The number of amides is 1. The van der Waals surface area contributed by atoms with Gasteiger partial charge in [0.2, 0.25) is 11.9 Å². The maximum absolute atomic E-state index is 13.2. The minimum Gasteiger partial charge on any atom is -0.392 e. The summed E-state index contributed by atoms with van der Waals surface area (Å²) in [7, 11) is 0. The Morgan fingerprint density at radius 1 is 1.35 bits per heavy atom. The van der Waals surface area contributed by atoms with Gasteiger partial charge < -0.3 is 20.3 Å². The highest BCUT2D eigenvalue weighted by Gasteiger charge is 2.14. The lowest BCUT2D eigenvalue weighted by Crippen LogP contribution is -2.22. The Balaban J connectivity index is 1.82. The van der Waals surface area contributed by atoms with E-state index in [0.717, 1.165) is 11.0 Å². The summed E-state index contributed by atoms with van der Waals surface area (Å²) in [5.41, 5.74) is 1.93. The summed E-state index contributed by atoms with van der Waals surface area (Å²) < 4.78 is 15.0. The lowest BCUT2D eigenvalue weighted by atomic mass is 10.3. The Morgan fingerprint density at radius 3 is 2.85 bits per heavy atom. The van der Waals surface area contributed by atoms with Crippen LogP contribution in [-0.2, 0) is 11.3 Å². The van der Waals surface area contributed by atoms with Crippen LogP contribution in [0.1, 0.15) is 6.92 Å². The zero-order valence-corrected chi connectivity index (χ0v) is 14.8. The zero-order chi connectivity index (χ0) is 18.7. The number of fused-ring (bicyclic) bond motifs is 1. The molecule has 136 valence electrons. The fourth-order valence-corrected chi connectivity index (χ4v) is 2.71. The molecule has 0 radical (unpaired) electrons. The molecule has 0 saturated carbocycles. The van der Waals surface area contributed by atoms with E-state index in [2.05, 4.69) is 15.6 Å². The van der Waals surface area contributed by atoms with Gasteiger partial charge in [0.05, 0.1) is 22.2 Å². The fraction of sp³-hybridized carbons (Fsp3) is 0.222. The molecule has 0 aliphatic heterocycles. The summed E-state index contributed by atoms with van der Waals surface area (Å²) in [5, 5.41) is 15.2. The Morgan fingerprint density at radius 2 is 2.12 bits per heavy atom. The number of carbonyl (C=O) groups is 1. The van der Waals surface area contributed by atoms with Crippen molar-refractivity contribution < 1.29 is 14.3 Å². The monoisotopic (exact) mass is 376 g/mol. The van der Waals surface area contributed by atoms with Crippen molar-refractivity contribution in [2.45, 2.75) is 19.6 Å². The molecule has 0 aliphatic carbocycles. The van der Waals surface area contributed by atoms with Crippen LogP contribution in [0.15, 0.2) is 42.5 Å². The van der Waals surface area contributed by atoms with E-state index in [9.17, 15) is 14.3 Å². The third-order valence-corrected chi connectivity index (χ3v) is 4.00. The summed E-state index contributed by atoms with van der Waals surface area (Å²) in [6.07, 6.45) is -0.557. The molecule has 1 atom stereocenters. The topological polar surface area (TPSA) is 79.2 Å². The van der Waals surface area contributed by atoms with Crippen LogP contribution in [0.3, 0.4) is 0 Å². The van der Waals surface area contributed by atoms with Crippen LogP contribution < -0.4 is 10.6 Å². The van der Waals surface area contributed by atoms with E-state index in [-0.39, 0.29) is 17.5 Å². The first-order valence-electron chi connectivity index (χ1n) is 8.06. The number of anilines is 2. The fourth-order valence-electron chi connectivity index (χ4n) is 2.53. The first-order valence-corrected chi connectivity index (χ1v) is 8.44. The molecular formula is C18H18ClFN4O2. The molecular weight excluding hydrogens is 359 g/mol. The lowest BCUT2D eigenvalue weighted by molar-refractivity contribution is -0.116. The molecule has 8 heteroatoms. The molecule has 26 heavy (non-hydrogen) atoms. The highest BCUT2D eigenvalue weighted by Crippen LogP contribution is 2.21. The molecule has 2 aromatic carbocycles. The SMILES string of the molecule is CC(O)CNc1nc2ccccc2n1CC(=O)Nc1ccc(F)c(Cl)c1. The Bertz CT molecular complexity index is 942. The number of halogens is 2. The summed E-state index contributed by atoms with van der Waals surface area (Å²) in [5.74, 6) is -0.370. The summed E-state index contributed by atoms with van der Waals surface area (Å²) in [6.45, 7) is 1.96. The first-order chi connectivity index (χ1) is 12.4. The molecule has 3 rings (SSSR count). The van der Waals surface area contributed by atoms with Gasteiger partial charge in [-0.2, -0.15) is 0 Å². The first kappa shape index (κ1) is 18.2. The van der Waals surface area contributed by atoms with Crippen LogP contribution in [0, 0.1) is 5.82 Å². The number of hydrogen-bond donors (Lipinski definition) is 3. The van der Waals surface area contributed by atoms with E-state index in [4.69, 9.17) is 11.6 Å². The number of aliphatic hydroxyl groups excluding tert-OH is 1. The molecule has 6 nitrogen and oxygen atoms in total. The summed E-state index contributed by atoms with van der Waals surface area (Å²) >= 11 is 5.74. The predicted octanol–water partition coefficient (Wildman–Crippen LogP) is 3.26. The smallest absolute Gasteiger partial charge is 0.244 e. The van der Waals surface area contributed by atoms with Crippen LogP contribution in [0.5, 0.6) is 0 Å². The van der Waals surface area contributed by atoms with Gasteiger partial charge in [-0.1, -0.05) is 23.7 Å². The van der Waals surface area contributed by atoms with Gasteiger partial charge in [0.15, 0.2) is 0 Å². The average Bonchev–Trinajstić information content (AvgIpc) is 2.94. The third kappa shape index (κ3) is 4.12. The van der Waals surface area contributed by atoms with E-state index in [1.54, 1.807) is 11.5 Å². The van der Waals surface area contributed by atoms with Gasteiger partial charge in [-0.25, -0.2) is 9.37 Å². The van der Waals surface area contributed by atoms with Crippen molar-refractivity contribution in [3.8, 4) is 0 Å². The number of benzene rings is 2. The van der Waals surface area contributed by atoms with E-state index in [0.29, 0.717) is 18.2 Å². The van der Waals surface area contributed by atoms with Crippen molar-refractivity contribution in [1.82, 2.24) is 9.55 Å². The number of carbonyl (C=O) groups excluding carboxylic acids is 1. The summed E-state index contributed by atoms with van der Waals surface area (Å²) in [4.78, 5) is 16.9. The van der Waals surface area contributed by atoms with Gasteiger partial charge in [0, 0.05) is 12.2 Å². The number of para-hydroxylation sites is 2. The molecule has 0 spiro atoms. The predicted molar refractivity (Wildman–Crippen MR) is 99.9 cm³/mol. The second-order valence-corrected chi connectivity index (χ2v) is 6.32. The van der Waals surface area contributed by atoms with Crippen molar-refractivity contribution in [2.24, 2.45) is 0 Å². The second-order valence-electron chi connectivity index (χ2n) is 5.92. The normalized spacial score (nSPS) is 12.2. The number of nitrogens with zero attached hydrogens (tertiary/aromatic N) is 2. The molecule has 0 saturated heterocycles. The van der Waals surface area contributed by atoms with Crippen LogP contribution >= 0.6 is 11.6 Å².